The number of hydrogen-bond acceptors (Lipinski definition) is 5. The highest BCUT2D eigenvalue weighted by molar-refractivity contribution is 5.92. The van der Waals surface area contributed by atoms with E-state index in [0.717, 1.165) is 62.0 Å². The van der Waals surface area contributed by atoms with Crippen LogP contribution in [0.3, 0.4) is 0 Å². The highest BCUT2D eigenvalue weighted by Crippen LogP contribution is 2.25. The molecule has 2 amide bonds. The third-order valence-corrected chi connectivity index (χ3v) is 7.71. The molecule has 0 bridgehead atoms. The number of aliphatic hydroxyl groups excluding tert-OH is 1. The summed E-state index contributed by atoms with van der Waals surface area (Å²) in [6, 6.07) is 26.6. The largest absolute Gasteiger partial charge is 0.387 e. The first kappa shape index (κ1) is 29.2. The Bertz CT molecular complexity index is 1420. The Labute approximate surface area is 247 Å². The Kier molecular flexibility index (Phi) is 10.1. The minimum atomic E-state index is -0.559. The zero-order chi connectivity index (χ0) is 29.1. The van der Waals surface area contributed by atoms with Crippen molar-refractivity contribution in [2.24, 2.45) is 0 Å². The molecule has 1 aromatic heterocycles. The molecular formula is C34H39N5O3. The normalized spacial score (nSPS) is 14.7. The Hall–Kier alpha value is -4.27. The van der Waals surface area contributed by atoms with Crippen molar-refractivity contribution in [3.63, 3.8) is 0 Å². The second kappa shape index (κ2) is 14.6. The van der Waals surface area contributed by atoms with Gasteiger partial charge in [0.15, 0.2) is 0 Å². The number of carbonyl (C=O) groups excluding carboxylic acids is 2. The number of rotatable bonds is 12. The number of benzene rings is 3. The summed E-state index contributed by atoms with van der Waals surface area (Å²) < 4.78 is 1.84. The highest BCUT2D eigenvalue weighted by Gasteiger charge is 2.30. The van der Waals surface area contributed by atoms with E-state index in [4.69, 9.17) is 0 Å². The number of carbonyl (C=O) groups is 2. The van der Waals surface area contributed by atoms with Crippen LogP contribution in [0.2, 0.25) is 0 Å². The number of likely N-dealkylation sites (tertiary alicyclic amines) is 1. The van der Waals surface area contributed by atoms with Gasteiger partial charge in [-0.2, -0.15) is 0 Å². The predicted octanol–water partition coefficient (Wildman–Crippen LogP) is 4.53. The van der Waals surface area contributed by atoms with Crippen LogP contribution in [0.15, 0.2) is 97.3 Å². The van der Waals surface area contributed by atoms with Crippen LogP contribution >= 0.6 is 0 Å². The average Bonchev–Trinajstić information content (AvgIpc) is 3.48. The van der Waals surface area contributed by atoms with Gasteiger partial charge in [-0.05, 0) is 61.1 Å². The topological polar surface area (TPSA) is 99.5 Å². The molecule has 42 heavy (non-hydrogen) atoms. The van der Waals surface area contributed by atoms with Crippen LogP contribution in [0.1, 0.15) is 53.9 Å². The molecule has 0 aliphatic carbocycles. The van der Waals surface area contributed by atoms with Gasteiger partial charge in [0.05, 0.1) is 12.5 Å². The quantitative estimate of drug-likeness (QED) is 0.219. The van der Waals surface area contributed by atoms with Gasteiger partial charge < -0.3 is 25.2 Å². The molecule has 8 nitrogen and oxygen atoms in total. The van der Waals surface area contributed by atoms with E-state index in [0.29, 0.717) is 18.1 Å². The van der Waals surface area contributed by atoms with E-state index in [2.05, 4.69) is 15.6 Å². The number of aromatic nitrogens is 2. The molecule has 2 heterocycles. The summed E-state index contributed by atoms with van der Waals surface area (Å²) in [6.45, 7) is 2.74. The molecule has 1 aliphatic rings. The lowest BCUT2D eigenvalue weighted by Crippen LogP contribution is -2.41. The smallest absolute Gasteiger partial charge is 0.250 e. The molecule has 3 aromatic carbocycles. The second-order valence-electron chi connectivity index (χ2n) is 10.8. The van der Waals surface area contributed by atoms with Crippen molar-refractivity contribution in [3.05, 3.63) is 120 Å². The number of imidazole rings is 1. The van der Waals surface area contributed by atoms with Crippen LogP contribution in [-0.2, 0) is 22.4 Å². The molecule has 218 valence electrons. The van der Waals surface area contributed by atoms with Gasteiger partial charge in [0.2, 0.25) is 11.8 Å². The molecule has 3 N–H and O–H groups in total. The average molecular weight is 566 g/mol. The van der Waals surface area contributed by atoms with E-state index in [1.165, 1.54) is 0 Å². The summed E-state index contributed by atoms with van der Waals surface area (Å²) in [5, 5.41) is 16.6. The Balaban J connectivity index is 1.16. The molecule has 4 aromatic rings. The van der Waals surface area contributed by atoms with E-state index in [1.54, 1.807) is 12.4 Å². The fourth-order valence-electron chi connectivity index (χ4n) is 5.43. The number of piperidine rings is 1. The monoisotopic (exact) mass is 565 g/mol. The van der Waals surface area contributed by atoms with Crippen molar-refractivity contribution in [3.8, 4) is 0 Å². The Morgan fingerprint density at radius 2 is 1.52 bits per heavy atom. The molecule has 2 atom stereocenters. The first-order valence-corrected chi connectivity index (χ1v) is 14.8. The fraction of sp³-hybridized carbons (Fsp3) is 0.324. The summed E-state index contributed by atoms with van der Waals surface area (Å²) in [4.78, 5) is 33.2. The first-order valence-electron chi connectivity index (χ1n) is 14.8. The van der Waals surface area contributed by atoms with E-state index in [9.17, 15) is 14.7 Å². The summed E-state index contributed by atoms with van der Waals surface area (Å²) in [7, 11) is 0. The SMILES string of the molecule is O=C(Cc1nccn1[C@@H](C(=O)N1CCCCC1)c1ccccc1)Nc1ccc(CCNCC(O)c2ccccc2)cc1. The molecule has 5 rings (SSSR count). The van der Waals surface area contributed by atoms with Crippen molar-refractivity contribution < 1.29 is 14.7 Å². The van der Waals surface area contributed by atoms with Gasteiger partial charge in [-0.1, -0.05) is 72.8 Å². The lowest BCUT2D eigenvalue weighted by Gasteiger charge is -2.31. The van der Waals surface area contributed by atoms with Gasteiger partial charge in [0, 0.05) is 37.7 Å². The second-order valence-corrected chi connectivity index (χ2v) is 10.8. The summed E-state index contributed by atoms with van der Waals surface area (Å²) in [5.74, 6) is 0.399. The van der Waals surface area contributed by atoms with Crippen molar-refractivity contribution in [2.45, 2.75) is 44.2 Å². The minimum absolute atomic E-state index is 0.0419. The van der Waals surface area contributed by atoms with Crippen molar-refractivity contribution in [1.29, 1.82) is 0 Å². The number of amides is 2. The number of anilines is 1. The maximum Gasteiger partial charge on any atom is 0.250 e. The lowest BCUT2D eigenvalue weighted by molar-refractivity contribution is -0.134. The van der Waals surface area contributed by atoms with Crippen LogP contribution in [0, 0.1) is 0 Å². The molecule has 1 fully saturated rings. The van der Waals surface area contributed by atoms with Crippen molar-refractivity contribution >= 4 is 17.5 Å². The Morgan fingerprint density at radius 3 is 2.21 bits per heavy atom. The number of nitrogens with zero attached hydrogens (tertiary/aromatic N) is 3. The third-order valence-electron chi connectivity index (χ3n) is 7.71. The van der Waals surface area contributed by atoms with Crippen molar-refractivity contribution in [1.82, 2.24) is 19.8 Å². The predicted molar refractivity (Wildman–Crippen MR) is 164 cm³/mol. The molecule has 1 aliphatic heterocycles. The third kappa shape index (κ3) is 7.72. The molecule has 0 saturated carbocycles. The van der Waals surface area contributed by atoms with Gasteiger partial charge in [-0.25, -0.2) is 4.98 Å². The standard InChI is InChI=1S/C34H39N5O3/c40-30(27-10-4-1-5-11-27)25-35-19-18-26-14-16-29(17-15-26)37-32(41)24-31-36-20-23-39(31)33(28-12-6-2-7-13-28)34(42)38-21-8-3-9-22-38/h1-2,4-7,10-17,20,23,30,33,35,40H,3,8-9,18-19,21-22,24-25H2,(H,37,41)/t30?,33-/m1/s1. The maximum absolute atomic E-state index is 13.7. The molecule has 0 radical (unpaired) electrons. The van der Waals surface area contributed by atoms with E-state index in [-0.39, 0.29) is 18.2 Å². The summed E-state index contributed by atoms with van der Waals surface area (Å²) in [6.07, 6.45) is 6.95. The molecule has 1 unspecified atom stereocenters. The van der Waals surface area contributed by atoms with E-state index < -0.39 is 12.1 Å². The number of aliphatic hydroxyl groups is 1. The van der Waals surface area contributed by atoms with Crippen LogP contribution in [0.4, 0.5) is 5.69 Å². The molecular weight excluding hydrogens is 526 g/mol. The number of nitrogens with one attached hydrogen (secondary N) is 2. The molecule has 0 spiro atoms. The maximum atomic E-state index is 13.7. The zero-order valence-electron chi connectivity index (χ0n) is 23.9. The van der Waals surface area contributed by atoms with Crippen molar-refractivity contribution in [2.75, 3.05) is 31.5 Å². The fourth-order valence-corrected chi connectivity index (χ4v) is 5.43. The van der Waals surface area contributed by atoms with Gasteiger partial charge in [-0.15, -0.1) is 0 Å². The van der Waals surface area contributed by atoms with E-state index in [1.807, 2.05) is 94.4 Å². The number of hydrogen-bond donors (Lipinski definition) is 3. The van der Waals surface area contributed by atoms with Gasteiger partial charge in [0.25, 0.3) is 0 Å². The lowest BCUT2D eigenvalue weighted by atomic mass is 10.0. The van der Waals surface area contributed by atoms with E-state index >= 15 is 0 Å². The van der Waals surface area contributed by atoms with Crippen LogP contribution < -0.4 is 10.6 Å². The Morgan fingerprint density at radius 1 is 0.857 bits per heavy atom. The molecule has 1 saturated heterocycles. The zero-order valence-corrected chi connectivity index (χ0v) is 23.9. The summed E-state index contributed by atoms with van der Waals surface area (Å²) >= 11 is 0. The van der Waals surface area contributed by atoms with Gasteiger partial charge >= 0.3 is 0 Å². The highest BCUT2D eigenvalue weighted by atomic mass is 16.3. The van der Waals surface area contributed by atoms with Crippen LogP contribution in [0.5, 0.6) is 0 Å². The minimum Gasteiger partial charge on any atom is -0.387 e. The molecule has 8 heteroatoms. The van der Waals surface area contributed by atoms with Crippen LogP contribution in [-0.4, -0.2) is 57.6 Å². The van der Waals surface area contributed by atoms with Crippen LogP contribution in [0.25, 0.3) is 0 Å². The first-order chi connectivity index (χ1) is 20.6. The van der Waals surface area contributed by atoms with Gasteiger partial charge in [-0.3, -0.25) is 9.59 Å². The summed E-state index contributed by atoms with van der Waals surface area (Å²) in [5.41, 5.74) is 3.62. The van der Waals surface area contributed by atoms with Gasteiger partial charge in [0.1, 0.15) is 11.9 Å².